The Morgan fingerprint density at radius 3 is 2.72 bits per heavy atom. The van der Waals surface area contributed by atoms with Crippen molar-refractivity contribution in [1.82, 2.24) is 9.62 Å². The summed E-state index contributed by atoms with van der Waals surface area (Å²) in [7, 11) is -3.52. The lowest BCUT2D eigenvalue weighted by atomic mass is 10.2. The summed E-state index contributed by atoms with van der Waals surface area (Å²) in [5, 5.41) is 3.44. The summed E-state index contributed by atoms with van der Waals surface area (Å²) in [6.07, 6.45) is 0.802. The van der Waals surface area contributed by atoms with E-state index in [1.54, 1.807) is 18.2 Å². The zero-order valence-electron chi connectivity index (χ0n) is 13.7. The molecule has 0 amide bonds. The molecule has 1 saturated heterocycles. The summed E-state index contributed by atoms with van der Waals surface area (Å²) in [6.45, 7) is 1.87. The maximum absolute atomic E-state index is 12.9. The summed E-state index contributed by atoms with van der Waals surface area (Å²) in [5.74, 6) is 1.07. The van der Waals surface area contributed by atoms with Gasteiger partial charge in [-0.15, -0.1) is 0 Å². The van der Waals surface area contributed by atoms with E-state index in [9.17, 15) is 8.42 Å². The molecule has 0 radical (unpaired) electrons. The number of sulfonamides is 1. The largest absolute Gasteiger partial charge is 0.454 e. The third-order valence-corrected chi connectivity index (χ3v) is 6.43. The standard InChI is InChI=1S/C18H20N2O4S/c21-25(22,16-6-7-17-18(10-16)24-13-23-17)20-9-8-15(12-20)19-11-14-4-2-1-3-5-14/h1-7,10,15,19H,8-9,11-13H2/t15-/m0/s1. The Hall–Kier alpha value is -2.09. The molecular weight excluding hydrogens is 340 g/mol. The number of hydrogen-bond donors (Lipinski definition) is 1. The first-order valence-corrected chi connectivity index (χ1v) is 9.74. The lowest BCUT2D eigenvalue weighted by Crippen LogP contribution is -2.34. The SMILES string of the molecule is O=S(=O)(c1ccc2c(c1)OCO2)N1CC[C@H](NCc2ccccc2)C1. The molecular formula is C18H20N2O4S. The van der Waals surface area contributed by atoms with Gasteiger partial charge in [0.2, 0.25) is 16.8 Å². The van der Waals surface area contributed by atoms with Crippen LogP contribution in [0.15, 0.2) is 53.4 Å². The molecule has 6 nitrogen and oxygen atoms in total. The molecule has 0 aliphatic carbocycles. The molecule has 7 heteroatoms. The maximum Gasteiger partial charge on any atom is 0.243 e. The minimum atomic E-state index is -3.52. The van der Waals surface area contributed by atoms with Gasteiger partial charge in [0.25, 0.3) is 0 Å². The van der Waals surface area contributed by atoms with Crippen LogP contribution in [0.1, 0.15) is 12.0 Å². The van der Waals surface area contributed by atoms with Crippen molar-refractivity contribution in [2.75, 3.05) is 19.9 Å². The van der Waals surface area contributed by atoms with Crippen molar-refractivity contribution in [2.24, 2.45) is 0 Å². The quantitative estimate of drug-likeness (QED) is 0.883. The first-order valence-electron chi connectivity index (χ1n) is 8.30. The highest BCUT2D eigenvalue weighted by Crippen LogP contribution is 2.35. The Morgan fingerprint density at radius 2 is 1.88 bits per heavy atom. The molecule has 0 aromatic heterocycles. The Bertz CT molecular complexity index is 855. The minimum absolute atomic E-state index is 0.133. The van der Waals surface area contributed by atoms with Gasteiger partial charge in [-0.2, -0.15) is 4.31 Å². The number of benzene rings is 2. The van der Waals surface area contributed by atoms with Crippen molar-refractivity contribution >= 4 is 10.0 Å². The molecule has 2 aromatic carbocycles. The molecule has 2 aliphatic heterocycles. The molecule has 0 saturated carbocycles. The van der Waals surface area contributed by atoms with Crippen molar-refractivity contribution < 1.29 is 17.9 Å². The molecule has 1 atom stereocenters. The van der Waals surface area contributed by atoms with E-state index in [-0.39, 0.29) is 17.7 Å². The second-order valence-corrected chi connectivity index (χ2v) is 8.17. The van der Waals surface area contributed by atoms with Crippen LogP contribution in [0.3, 0.4) is 0 Å². The molecule has 2 aromatic rings. The van der Waals surface area contributed by atoms with Crippen molar-refractivity contribution in [3.8, 4) is 11.5 Å². The average molecular weight is 360 g/mol. The van der Waals surface area contributed by atoms with Gasteiger partial charge in [0, 0.05) is 31.7 Å². The van der Waals surface area contributed by atoms with Crippen molar-refractivity contribution in [1.29, 1.82) is 0 Å². The predicted molar refractivity (Wildman–Crippen MR) is 93.0 cm³/mol. The second-order valence-electron chi connectivity index (χ2n) is 6.23. The van der Waals surface area contributed by atoms with Crippen LogP contribution in [-0.2, 0) is 16.6 Å². The van der Waals surface area contributed by atoms with Crippen molar-refractivity contribution in [3.05, 3.63) is 54.1 Å². The lowest BCUT2D eigenvalue weighted by molar-refractivity contribution is 0.174. The Kier molecular flexibility index (Phi) is 4.37. The molecule has 0 unspecified atom stereocenters. The van der Waals surface area contributed by atoms with Crippen LogP contribution < -0.4 is 14.8 Å². The molecule has 2 aliphatic rings. The van der Waals surface area contributed by atoms with Crippen LogP contribution >= 0.6 is 0 Å². The molecule has 0 spiro atoms. The third kappa shape index (κ3) is 3.35. The van der Waals surface area contributed by atoms with Gasteiger partial charge in [-0.25, -0.2) is 8.42 Å². The van der Waals surface area contributed by atoms with E-state index in [1.165, 1.54) is 9.87 Å². The van der Waals surface area contributed by atoms with Gasteiger partial charge in [0.05, 0.1) is 4.90 Å². The molecule has 1 fully saturated rings. The first-order chi connectivity index (χ1) is 12.1. The summed E-state index contributed by atoms with van der Waals surface area (Å²) in [6, 6.07) is 15.0. The number of nitrogens with one attached hydrogen (secondary N) is 1. The molecule has 25 heavy (non-hydrogen) atoms. The van der Waals surface area contributed by atoms with E-state index in [2.05, 4.69) is 17.4 Å². The number of rotatable bonds is 5. The first kappa shape index (κ1) is 16.4. The smallest absolute Gasteiger partial charge is 0.243 e. The number of hydrogen-bond acceptors (Lipinski definition) is 5. The number of fused-ring (bicyclic) bond motifs is 1. The highest BCUT2D eigenvalue weighted by molar-refractivity contribution is 7.89. The van der Waals surface area contributed by atoms with Crippen LogP contribution in [0.2, 0.25) is 0 Å². The topological polar surface area (TPSA) is 67.9 Å². The zero-order chi connectivity index (χ0) is 17.3. The van der Waals surface area contributed by atoms with Gasteiger partial charge in [0.15, 0.2) is 11.5 Å². The molecule has 1 N–H and O–H groups in total. The maximum atomic E-state index is 12.9. The van der Waals surface area contributed by atoms with E-state index >= 15 is 0 Å². The second kappa shape index (κ2) is 6.67. The Labute approximate surface area is 147 Å². The van der Waals surface area contributed by atoms with E-state index in [1.807, 2.05) is 18.2 Å². The van der Waals surface area contributed by atoms with Gasteiger partial charge in [0.1, 0.15) is 0 Å². The van der Waals surface area contributed by atoms with Crippen LogP contribution in [0.5, 0.6) is 11.5 Å². The average Bonchev–Trinajstić information content (AvgIpc) is 3.29. The normalized spacial score (nSPS) is 20.1. The lowest BCUT2D eigenvalue weighted by Gasteiger charge is -2.17. The fraction of sp³-hybridized carbons (Fsp3) is 0.333. The molecule has 132 valence electrons. The van der Waals surface area contributed by atoms with Crippen LogP contribution in [-0.4, -0.2) is 38.6 Å². The van der Waals surface area contributed by atoms with Gasteiger partial charge in [-0.3, -0.25) is 0 Å². The third-order valence-electron chi connectivity index (χ3n) is 4.57. The van der Waals surface area contributed by atoms with Crippen LogP contribution in [0, 0.1) is 0 Å². The van der Waals surface area contributed by atoms with Gasteiger partial charge in [-0.05, 0) is 24.1 Å². The molecule has 2 heterocycles. The molecule has 0 bridgehead atoms. The summed E-state index contributed by atoms with van der Waals surface area (Å²) >= 11 is 0. The fourth-order valence-electron chi connectivity index (χ4n) is 3.16. The van der Waals surface area contributed by atoms with E-state index in [0.717, 1.165) is 13.0 Å². The van der Waals surface area contributed by atoms with Crippen molar-refractivity contribution in [3.63, 3.8) is 0 Å². The van der Waals surface area contributed by atoms with Gasteiger partial charge in [-0.1, -0.05) is 30.3 Å². The Morgan fingerprint density at radius 1 is 1.08 bits per heavy atom. The summed E-state index contributed by atoms with van der Waals surface area (Å²) < 4.78 is 37.8. The van der Waals surface area contributed by atoms with E-state index in [0.29, 0.717) is 24.6 Å². The minimum Gasteiger partial charge on any atom is -0.454 e. The van der Waals surface area contributed by atoms with E-state index in [4.69, 9.17) is 9.47 Å². The van der Waals surface area contributed by atoms with Crippen LogP contribution in [0.4, 0.5) is 0 Å². The molecule has 4 rings (SSSR count). The van der Waals surface area contributed by atoms with Crippen LogP contribution in [0.25, 0.3) is 0 Å². The fourth-order valence-corrected chi connectivity index (χ4v) is 4.67. The Balaban J connectivity index is 1.42. The zero-order valence-corrected chi connectivity index (χ0v) is 14.5. The monoisotopic (exact) mass is 360 g/mol. The highest BCUT2D eigenvalue weighted by atomic mass is 32.2. The van der Waals surface area contributed by atoms with Gasteiger partial charge >= 0.3 is 0 Å². The summed E-state index contributed by atoms with van der Waals surface area (Å²) in [5.41, 5.74) is 1.19. The van der Waals surface area contributed by atoms with Crippen molar-refractivity contribution in [2.45, 2.75) is 23.9 Å². The number of nitrogens with zero attached hydrogens (tertiary/aromatic N) is 1. The summed E-state index contributed by atoms with van der Waals surface area (Å²) in [4.78, 5) is 0.250. The van der Waals surface area contributed by atoms with E-state index < -0.39 is 10.0 Å². The predicted octanol–water partition coefficient (Wildman–Crippen LogP) is 1.97. The van der Waals surface area contributed by atoms with Gasteiger partial charge < -0.3 is 14.8 Å². The number of ether oxygens (including phenoxy) is 2. The highest BCUT2D eigenvalue weighted by Gasteiger charge is 2.33.